The molecule has 0 aliphatic heterocycles. The molecule has 1 aliphatic rings. The summed E-state index contributed by atoms with van der Waals surface area (Å²) in [6, 6.07) is -0.306. The minimum atomic E-state index is -4.14. The maximum Gasteiger partial charge on any atom is 0.472 e. The molecule has 118 valence electrons. The highest BCUT2D eigenvalue weighted by Crippen LogP contribution is 2.48. The van der Waals surface area contributed by atoms with Crippen LogP contribution in [0.3, 0.4) is 0 Å². The van der Waals surface area contributed by atoms with Gasteiger partial charge in [-0.05, 0) is 6.42 Å². The van der Waals surface area contributed by atoms with E-state index in [2.05, 4.69) is 9.84 Å². The standard InChI is InChI=1S/C11H22NO7P/c1-7(13)12-9-5-8(6-16-2)10(11(9)17-3)19-20(14,15)18-4/h8-11H,5-6H2,1-4H3,(H,12,13)(H,14,15)/t8-,9-,10?,11-/m1/s1. The zero-order valence-electron chi connectivity index (χ0n) is 12.1. The molecule has 5 atom stereocenters. The number of phosphoric ester groups is 1. The normalized spacial score (nSPS) is 32.9. The summed E-state index contributed by atoms with van der Waals surface area (Å²) < 4.78 is 31.6. The van der Waals surface area contributed by atoms with E-state index < -0.39 is 20.0 Å². The molecule has 1 saturated carbocycles. The van der Waals surface area contributed by atoms with Crippen molar-refractivity contribution in [3.63, 3.8) is 0 Å². The van der Waals surface area contributed by atoms with Gasteiger partial charge in [0.2, 0.25) is 5.91 Å². The van der Waals surface area contributed by atoms with Crippen LogP contribution < -0.4 is 5.32 Å². The minimum Gasteiger partial charge on any atom is -0.384 e. The largest absolute Gasteiger partial charge is 0.472 e. The lowest BCUT2D eigenvalue weighted by Gasteiger charge is -2.26. The van der Waals surface area contributed by atoms with E-state index in [1.54, 1.807) is 0 Å². The fourth-order valence-corrected chi connectivity index (χ4v) is 3.20. The van der Waals surface area contributed by atoms with Crippen LogP contribution in [0.5, 0.6) is 0 Å². The molecule has 1 rings (SSSR count). The molecule has 0 aromatic heterocycles. The van der Waals surface area contributed by atoms with Crippen LogP contribution in [0.25, 0.3) is 0 Å². The Bertz CT molecular complexity index is 378. The Morgan fingerprint density at radius 2 is 2.00 bits per heavy atom. The zero-order chi connectivity index (χ0) is 15.3. The Kier molecular flexibility index (Phi) is 6.57. The monoisotopic (exact) mass is 311 g/mol. The van der Waals surface area contributed by atoms with Crippen molar-refractivity contribution in [3.05, 3.63) is 0 Å². The molecule has 0 aromatic rings. The molecular formula is C11H22NO7P. The van der Waals surface area contributed by atoms with E-state index in [9.17, 15) is 14.3 Å². The molecule has 20 heavy (non-hydrogen) atoms. The molecule has 0 radical (unpaired) electrons. The Hall–Kier alpha value is -0.500. The van der Waals surface area contributed by atoms with Gasteiger partial charge in [0, 0.05) is 34.2 Å². The summed E-state index contributed by atoms with van der Waals surface area (Å²) in [6.45, 7) is 1.72. The van der Waals surface area contributed by atoms with Gasteiger partial charge < -0.3 is 19.7 Å². The summed E-state index contributed by atoms with van der Waals surface area (Å²) in [7, 11) is -0.0660. The lowest BCUT2D eigenvalue weighted by atomic mass is 10.1. The van der Waals surface area contributed by atoms with Gasteiger partial charge in [-0.25, -0.2) is 4.57 Å². The maximum absolute atomic E-state index is 11.6. The molecule has 0 spiro atoms. The van der Waals surface area contributed by atoms with Gasteiger partial charge in [0.1, 0.15) is 12.2 Å². The number of ether oxygens (including phenoxy) is 2. The van der Waals surface area contributed by atoms with Crippen LogP contribution in [-0.2, 0) is 27.9 Å². The average Bonchev–Trinajstić information content (AvgIpc) is 2.66. The number of hydrogen-bond donors (Lipinski definition) is 2. The Labute approximate surface area is 118 Å². The molecule has 0 heterocycles. The molecule has 0 aromatic carbocycles. The lowest BCUT2D eigenvalue weighted by molar-refractivity contribution is -0.120. The minimum absolute atomic E-state index is 0.183. The maximum atomic E-state index is 11.6. The first-order chi connectivity index (χ1) is 9.34. The molecule has 9 heteroatoms. The molecular weight excluding hydrogens is 289 g/mol. The molecule has 0 saturated heterocycles. The molecule has 1 fully saturated rings. The predicted octanol–water partition coefficient (Wildman–Crippen LogP) is 0.304. The first-order valence-corrected chi connectivity index (χ1v) is 7.70. The van der Waals surface area contributed by atoms with E-state index in [0.717, 1.165) is 7.11 Å². The van der Waals surface area contributed by atoms with Crippen LogP contribution in [0.2, 0.25) is 0 Å². The average molecular weight is 311 g/mol. The van der Waals surface area contributed by atoms with Crippen LogP contribution in [0.15, 0.2) is 0 Å². The van der Waals surface area contributed by atoms with E-state index in [4.69, 9.17) is 14.0 Å². The predicted molar refractivity (Wildman–Crippen MR) is 70.1 cm³/mol. The number of methoxy groups -OCH3 is 2. The Balaban J connectivity index is 2.89. The molecule has 8 nitrogen and oxygen atoms in total. The first-order valence-electron chi connectivity index (χ1n) is 6.20. The smallest absolute Gasteiger partial charge is 0.384 e. The second-order valence-corrected chi connectivity index (χ2v) is 6.19. The third kappa shape index (κ3) is 4.51. The number of rotatable bonds is 7. The summed E-state index contributed by atoms with van der Waals surface area (Å²) in [4.78, 5) is 20.7. The van der Waals surface area contributed by atoms with Gasteiger partial charge >= 0.3 is 7.82 Å². The van der Waals surface area contributed by atoms with Crippen molar-refractivity contribution >= 4 is 13.7 Å². The van der Waals surface area contributed by atoms with Crippen molar-refractivity contribution in [1.29, 1.82) is 0 Å². The molecule has 0 bridgehead atoms. The number of carbonyl (C=O) groups excluding carboxylic acids is 1. The van der Waals surface area contributed by atoms with Gasteiger partial charge in [-0.2, -0.15) is 0 Å². The SMILES string of the molecule is COC[C@H]1C[C@@H](NC(C)=O)[C@@H](OC)C1OP(=O)(O)OC. The fourth-order valence-electron chi connectivity index (χ4n) is 2.51. The van der Waals surface area contributed by atoms with Crippen molar-refractivity contribution < 1.29 is 32.8 Å². The van der Waals surface area contributed by atoms with Gasteiger partial charge in [0.25, 0.3) is 0 Å². The van der Waals surface area contributed by atoms with Crippen molar-refractivity contribution in [3.8, 4) is 0 Å². The Morgan fingerprint density at radius 3 is 2.45 bits per heavy atom. The van der Waals surface area contributed by atoms with Gasteiger partial charge in [-0.3, -0.25) is 13.8 Å². The quantitative estimate of drug-likeness (QED) is 0.652. The van der Waals surface area contributed by atoms with Crippen molar-refractivity contribution in [2.75, 3.05) is 27.9 Å². The molecule has 1 amide bonds. The zero-order valence-corrected chi connectivity index (χ0v) is 13.0. The van der Waals surface area contributed by atoms with E-state index in [1.165, 1.54) is 21.1 Å². The summed E-state index contributed by atoms with van der Waals surface area (Å²) >= 11 is 0. The third-order valence-corrected chi connectivity index (χ3v) is 4.24. The number of hydrogen-bond acceptors (Lipinski definition) is 6. The highest BCUT2D eigenvalue weighted by molar-refractivity contribution is 7.47. The van der Waals surface area contributed by atoms with Gasteiger partial charge in [0.15, 0.2) is 0 Å². The van der Waals surface area contributed by atoms with Gasteiger partial charge in [-0.1, -0.05) is 0 Å². The van der Waals surface area contributed by atoms with Gasteiger partial charge in [0.05, 0.1) is 12.6 Å². The van der Waals surface area contributed by atoms with Crippen molar-refractivity contribution in [2.45, 2.75) is 31.6 Å². The van der Waals surface area contributed by atoms with Crippen LogP contribution in [0.1, 0.15) is 13.3 Å². The number of amides is 1. The van der Waals surface area contributed by atoms with Gasteiger partial charge in [-0.15, -0.1) is 0 Å². The highest BCUT2D eigenvalue weighted by Gasteiger charge is 2.47. The number of carbonyl (C=O) groups is 1. The second-order valence-electron chi connectivity index (χ2n) is 4.68. The van der Waals surface area contributed by atoms with Crippen LogP contribution in [0.4, 0.5) is 0 Å². The summed E-state index contributed by atoms with van der Waals surface area (Å²) in [6.07, 6.45) is -0.720. The van der Waals surface area contributed by atoms with Crippen LogP contribution in [0, 0.1) is 5.92 Å². The summed E-state index contributed by atoms with van der Waals surface area (Å²) in [5.74, 6) is -0.384. The van der Waals surface area contributed by atoms with Crippen molar-refractivity contribution in [2.24, 2.45) is 5.92 Å². The van der Waals surface area contributed by atoms with E-state index in [1.807, 2.05) is 0 Å². The van der Waals surface area contributed by atoms with E-state index in [-0.39, 0.29) is 17.9 Å². The topological polar surface area (TPSA) is 103 Å². The number of phosphoric acid groups is 1. The summed E-state index contributed by atoms with van der Waals surface area (Å²) in [5.41, 5.74) is 0. The highest BCUT2D eigenvalue weighted by atomic mass is 31.2. The lowest BCUT2D eigenvalue weighted by Crippen LogP contribution is -2.44. The van der Waals surface area contributed by atoms with Crippen LogP contribution in [-0.4, -0.2) is 57.0 Å². The van der Waals surface area contributed by atoms with Crippen molar-refractivity contribution in [1.82, 2.24) is 5.32 Å². The molecule has 1 aliphatic carbocycles. The third-order valence-electron chi connectivity index (χ3n) is 3.27. The fraction of sp³-hybridized carbons (Fsp3) is 0.909. The number of nitrogens with one attached hydrogen (secondary N) is 1. The van der Waals surface area contributed by atoms with E-state index in [0.29, 0.717) is 13.0 Å². The summed E-state index contributed by atoms with van der Waals surface area (Å²) in [5, 5.41) is 2.75. The van der Waals surface area contributed by atoms with E-state index >= 15 is 0 Å². The van der Waals surface area contributed by atoms with Crippen LogP contribution >= 0.6 is 7.82 Å². The second kappa shape index (κ2) is 7.49. The molecule has 2 N–H and O–H groups in total. The first kappa shape index (κ1) is 17.6. The molecule has 2 unspecified atom stereocenters. The Morgan fingerprint density at radius 1 is 1.35 bits per heavy atom.